The van der Waals surface area contributed by atoms with E-state index < -0.39 is 0 Å². The molecule has 0 amide bonds. The van der Waals surface area contributed by atoms with Crippen LogP contribution in [0.2, 0.25) is 0 Å². The van der Waals surface area contributed by atoms with Gasteiger partial charge in [0.25, 0.3) is 0 Å². The molecular weight excluding hydrogens is 404 g/mol. The van der Waals surface area contributed by atoms with Crippen molar-refractivity contribution in [2.45, 2.75) is 136 Å². The lowest BCUT2D eigenvalue weighted by molar-refractivity contribution is -0.0745. The van der Waals surface area contributed by atoms with Crippen LogP contribution in [-0.4, -0.2) is 12.2 Å². The standard InChI is InChI=1S/C31H50O2/c1-5-8-10-13-18-27(4)32-26-28-20-22-29(23-21-28)31(24-15-12-16-25-31)33-30(17-7-3)19-14-11-9-6-2/h12,15-16,20-24,27,30H,5-11,13-14,17-19,25-26H2,1-4H3/t27?,30?,31-/m1/s1. The zero-order valence-electron chi connectivity index (χ0n) is 22.0. The van der Waals surface area contributed by atoms with Gasteiger partial charge < -0.3 is 9.47 Å². The Morgan fingerprint density at radius 1 is 0.788 bits per heavy atom. The Hall–Kier alpha value is -1.38. The molecule has 2 unspecified atom stereocenters. The van der Waals surface area contributed by atoms with Crippen molar-refractivity contribution >= 4 is 0 Å². The highest BCUT2D eigenvalue weighted by atomic mass is 16.5. The number of rotatable bonds is 18. The van der Waals surface area contributed by atoms with E-state index in [-0.39, 0.29) is 5.60 Å². The van der Waals surface area contributed by atoms with E-state index in [0.29, 0.717) is 18.8 Å². The highest BCUT2D eigenvalue weighted by molar-refractivity contribution is 5.34. The van der Waals surface area contributed by atoms with E-state index in [1.165, 1.54) is 68.9 Å². The summed E-state index contributed by atoms with van der Waals surface area (Å²) in [5.41, 5.74) is 2.16. The van der Waals surface area contributed by atoms with Gasteiger partial charge in [-0.3, -0.25) is 0 Å². The van der Waals surface area contributed by atoms with Crippen LogP contribution in [0.5, 0.6) is 0 Å². The molecule has 0 saturated carbocycles. The first kappa shape index (κ1) is 27.9. The molecule has 1 aliphatic carbocycles. The lowest BCUT2D eigenvalue weighted by Gasteiger charge is -2.36. The maximum absolute atomic E-state index is 6.92. The first-order valence-corrected chi connectivity index (χ1v) is 13.9. The van der Waals surface area contributed by atoms with Crippen LogP contribution in [0.4, 0.5) is 0 Å². The number of hydrogen-bond acceptors (Lipinski definition) is 2. The Morgan fingerprint density at radius 3 is 2.09 bits per heavy atom. The van der Waals surface area contributed by atoms with Gasteiger partial charge in [0, 0.05) is 6.42 Å². The molecule has 0 heterocycles. The molecule has 1 aromatic rings. The summed E-state index contributed by atoms with van der Waals surface area (Å²) in [6, 6.07) is 8.97. The van der Waals surface area contributed by atoms with Crippen LogP contribution in [0.1, 0.15) is 122 Å². The number of allylic oxidation sites excluding steroid dienone is 2. The minimum Gasteiger partial charge on any atom is -0.374 e. The van der Waals surface area contributed by atoms with Crippen LogP contribution in [0.25, 0.3) is 0 Å². The molecule has 2 heteroatoms. The van der Waals surface area contributed by atoms with Crippen LogP contribution >= 0.6 is 0 Å². The van der Waals surface area contributed by atoms with E-state index in [0.717, 1.165) is 25.7 Å². The Bertz CT molecular complexity index is 675. The number of benzene rings is 1. The topological polar surface area (TPSA) is 18.5 Å². The van der Waals surface area contributed by atoms with Gasteiger partial charge in [-0.1, -0.05) is 121 Å². The Kier molecular flexibility index (Phi) is 13.7. The third kappa shape index (κ3) is 10.2. The fourth-order valence-electron chi connectivity index (χ4n) is 4.71. The monoisotopic (exact) mass is 454 g/mol. The minimum absolute atomic E-state index is 0.319. The van der Waals surface area contributed by atoms with Crippen molar-refractivity contribution in [3.63, 3.8) is 0 Å². The molecule has 0 bridgehead atoms. The van der Waals surface area contributed by atoms with Crippen molar-refractivity contribution in [3.8, 4) is 0 Å². The molecule has 2 rings (SSSR count). The fourth-order valence-corrected chi connectivity index (χ4v) is 4.71. The van der Waals surface area contributed by atoms with E-state index in [1.54, 1.807) is 0 Å². The van der Waals surface area contributed by atoms with Gasteiger partial charge in [0.1, 0.15) is 5.60 Å². The molecule has 0 aliphatic heterocycles. The summed E-state index contributed by atoms with van der Waals surface area (Å²) in [6.45, 7) is 9.70. The number of hydrogen-bond donors (Lipinski definition) is 0. The molecule has 1 aliphatic rings. The van der Waals surface area contributed by atoms with Crippen LogP contribution < -0.4 is 0 Å². The van der Waals surface area contributed by atoms with Gasteiger partial charge in [-0.15, -0.1) is 0 Å². The van der Waals surface area contributed by atoms with E-state index in [1.807, 2.05) is 0 Å². The highest BCUT2D eigenvalue weighted by Gasteiger charge is 2.33. The summed E-state index contributed by atoms with van der Waals surface area (Å²) < 4.78 is 13.0. The van der Waals surface area contributed by atoms with Crippen molar-refractivity contribution < 1.29 is 9.47 Å². The van der Waals surface area contributed by atoms with Crippen molar-refractivity contribution in [1.29, 1.82) is 0 Å². The molecule has 0 spiro atoms. The molecule has 0 fully saturated rings. The molecule has 0 N–H and O–H groups in total. The van der Waals surface area contributed by atoms with E-state index in [2.05, 4.69) is 76.3 Å². The summed E-state index contributed by atoms with van der Waals surface area (Å²) in [5.74, 6) is 0. The second-order valence-corrected chi connectivity index (χ2v) is 9.93. The van der Waals surface area contributed by atoms with E-state index in [4.69, 9.17) is 9.47 Å². The van der Waals surface area contributed by atoms with Gasteiger partial charge in [0.05, 0.1) is 18.8 Å². The van der Waals surface area contributed by atoms with Crippen molar-refractivity contribution in [3.05, 3.63) is 59.7 Å². The molecular formula is C31H50O2. The van der Waals surface area contributed by atoms with Gasteiger partial charge in [-0.2, -0.15) is 0 Å². The summed E-state index contributed by atoms with van der Waals surface area (Å²) in [6.07, 6.45) is 25.4. The molecule has 2 nitrogen and oxygen atoms in total. The van der Waals surface area contributed by atoms with Gasteiger partial charge in [0.2, 0.25) is 0 Å². The maximum atomic E-state index is 6.92. The Morgan fingerprint density at radius 2 is 1.48 bits per heavy atom. The zero-order chi connectivity index (χ0) is 23.8. The second kappa shape index (κ2) is 16.3. The first-order valence-electron chi connectivity index (χ1n) is 13.9. The Labute approximate surface area is 204 Å². The largest absolute Gasteiger partial charge is 0.374 e. The SMILES string of the molecule is CCCCCCC(C)OCc1ccc([C@@]2(OC(CCC)CCCCCC)C=CC=CC2)cc1. The zero-order valence-corrected chi connectivity index (χ0v) is 22.0. The van der Waals surface area contributed by atoms with Crippen LogP contribution in [0.3, 0.4) is 0 Å². The first-order chi connectivity index (χ1) is 16.1. The van der Waals surface area contributed by atoms with Crippen molar-refractivity contribution in [2.75, 3.05) is 0 Å². The van der Waals surface area contributed by atoms with Crippen LogP contribution in [0.15, 0.2) is 48.6 Å². The molecule has 1 aromatic carbocycles. The quantitative estimate of drug-likeness (QED) is 0.206. The third-order valence-electron chi connectivity index (χ3n) is 6.84. The van der Waals surface area contributed by atoms with Crippen LogP contribution in [0, 0.1) is 0 Å². The molecule has 0 aromatic heterocycles. The number of unbranched alkanes of at least 4 members (excludes halogenated alkanes) is 6. The predicted octanol–water partition coefficient (Wildman–Crippen LogP) is 9.43. The summed E-state index contributed by atoms with van der Waals surface area (Å²) in [4.78, 5) is 0. The Balaban J connectivity index is 1.98. The van der Waals surface area contributed by atoms with Gasteiger partial charge in [-0.25, -0.2) is 0 Å². The molecule has 33 heavy (non-hydrogen) atoms. The van der Waals surface area contributed by atoms with Gasteiger partial charge in [-0.05, 0) is 43.4 Å². The number of ether oxygens (including phenoxy) is 2. The lowest BCUT2D eigenvalue weighted by Crippen LogP contribution is -2.33. The van der Waals surface area contributed by atoms with E-state index in [9.17, 15) is 0 Å². The van der Waals surface area contributed by atoms with Gasteiger partial charge >= 0.3 is 0 Å². The summed E-state index contributed by atoms with van der Waals surface area (Å²) in [5, 5.41) is 0. The summed E-state index contributed by atoms with van der Waals surface area (Å²) >= 11 is 0. The average molecular weight is 455 g/mol. The maximum Gasteiger partial charge on any atom is 0.115 e. The summed E-state index contributed by atoms with van der Waals surface area (Å²) in [7, 11) is 0. The normalized spacial score (nSPS) is 19.6. The highest BCUT2D eigenvalue weighted by Crippen LogP contribution is 2.37. The third-order valence-corrected chi connectivity index (χ3v) is 6.84. The fraction of sp³-hybridized carbons (Fsp3) is 0.677. The predicted molar refractivity (Wildman–Crippen MR) is 143 cm³/mol. The van der Waals surface area contributed by atoms with Crippen molar-refractivity contribution in [1.82, 2.24) is 0 Å². The molecule has 0 saturated heterocycles. The lowest BCUT2D eigenvalue weighted by atomic mass is 9.86. The molecule has 3 atom stereocenters. The van der Waals surface area contributed by atoms with Gasteiger partial charge in [0.15, 0.2) is 0 Å². The van der Waals surface area contributed by atoms with Crippen LogP contribution in [-0.2, 0) is 21.7 Å². The van der Waals surface area contributed by atoms with Crippen molar-refractivity contribution in [2.24, 2.45) is 0 Å². The second-order valence-electron chi connectivity index (χ2n) is 9.93. The molecule has 186 valence electrons. The van der Waals surface area contributed by atoms with E-state index >= 15 is 0 Å². The smallest absolute Gasteiger partial charge is 0.115 e. The minimum atomic E-state index is -0.342. The molecule has 0 radical (unpaired) electrons. The average Bonchev–Trinajstić information content (AvgIpc) is 2.84.